The quantitative estimate of drug-likeness (QED) is 0.401. The van der Waals surface area contributed by atoms with Crippen LogP contribution in [0.5, 0.6) is 0 Å². The molecule has 1 aromatic heterocycles. The van der Waals surface area contributed by atoms with Gasteiger partial charge in [0.15, 0.2) is 0 Å². The molecular weight excluding hydrogens is 324 g/mol. The fourth-order valence-electron chi connectivity index (χ4n) is 2.69. The second kappa shape index (κ2) is 7.70. The molecule has 130 valence electrons. The van der Waals surface area contributed by atoms with E-state index >= 15 is 0 Å². The van der Waals surface area contributed by atoms with Crippen molar-refractivity contribution in [3.8, 4) is 0 Å². The van der Waals surface area contributed by atoms with Gasteiger partial charge < -0.3 is 0 Å². The van der Waals surface area contributed by atoms with Gasteiger partial charge in [0.2, 0.25) is 5.78 Å². The van der Waals surface area contributed by atoms with Crippen LogP contribution in [0.15, 0.2) is 77.1 Å². The molecule has 3 aromatic rings. The van der Waals surface area contributed by atoms with Gasteiger partial charge >= 0.3 is 0 Å². The van der Waals surface area contributed by atoms with E-state index in [0.717, 1.165) is 16.8 Å². The van der Waals surface area contributed by atoms with Crippen molar-refractivity contribution in [2.24, 2.45) is 17.3 Å². The summed E-state index contributed by atoms with van der Waals surface area (Å²) in [6.45, 7) is 3.79. The minimum Gasteiger partial charge on any atom is -0.287 e. The smallest absolute Gasteiger partial charge is 0.213 e. The molecule has 0 amide bonds. The van der Waals surface area contributed by atoms with Crippen molar-refractivity contribution in [1.82, 2.24) is 9.78 Å². The van der Waals surface area contributed by atoms with Gasteiger partial charge in [0.05, 0.1) is 11.4 Å². The number of ketones is 1. The average Bonchev–Trinajstić information content (AvgIpc) is 3.01. The maximum atomic E-state index is 12.9. The summed E-state index contributed by atoms with van der Waals surface area (Å²) in [5.74, 6) is -0.156. The third-order valence-electron chi connectivity index (χ3n) is 4.00. The fraction of sp³-hybridized carbons (Fsp3) is 0.143. The maximum absolute atomic E-state index is 12.9. The molecule has 0 N–H and O–H groups in total. The van der Waals surface area contributed by atoms with E-state index in [2.05, 4.69) is 15.3 Å². The lowest BCUT2D eigenvalue weighted by atomic mass is 10.0. The van der Waals surface area contributed by atoms with E-state index < -0.39 is 0 Å². The second-order valence-corrected chi connectivity index (χ2v) is 6.00. The highest BCUT2D eigenvalue weighted by molar-refractivity contribution is 6.51. The van der Waals surface area contributed by atoms with Crippen molar-refractivity contribution in [1.29, 1.82) is 0 Å². The SMILES string of the molecule is CC(=NN=C(C(=O)c1ccccc1)c1ccccc1)c1cn(C)nc1C. The maximum Gasteiger partial charge on any atom is 0.213 e. The topological polar surface area (TPSA) is 59.6 Å². The lowest BCUT2D eigenvalue weighted by Gasteiger charge is -2.05. The first kappa shape index (κ1) is 17.5. The molecule has 0 saturated heterocycles. The standard InChI is InChI=1S/C21H20N4O/c1-15(19-14-25(3)24-16(19)2)22-23-20(17-10-6-4-7-11-17)21(26)18-12-8-5-9-13-18/h4-14H,1-3H3. The summed E-state index contributed by atoms with van der Waals surface area (Å²) < 4.78 is 1.74. The highest BCUT2D eigenvalue weighted by atomic mass is 16.1. The molecule has 3 rings (SSSR count). The Morgan fingerprint density at radius 1 is 0.923 bits per heavy atom. The summed E-state index contributed by atoms with van der Waals surface area (Å²) in [5.41, 5.74) is 4.14. The molecule has 0 spiro atoms. The molecule has 0 aliphatic heterocycles. The molecule has 0 aliphatic carbocycles. The molecule has 0 radical (unpaired) electrons. The van der Waals surface area contributed by atoms with Crippen LogP contribution in [0.1, 0.15) is 34.1 Å². The molecule has 5 nitrogen and oxygen atoms in total. The lowest BCUT2D eigenvalue weighted by molar-refractivity contribution is 0.106. The predicted molar refractivity (Wildman–Crippen MR) is 104 cm³/mol. The fourth-order valence-corrected chi connectivity index (χ4v) is 2.69. The van der Waals surface area contributed by atoms with Crippen molar-refractivity contribution in [2.75, 3.05) is 0 Å². The van der Waals surface area contributed by atoms with E-state index in [0.29, 0.717) is 17.0 Å². The first-order chi connectivity index (χ1) is 12.6. The molecule has 26 heavy (non-hydrogen) atoms. The number of carbonyl (C=O) groups is 1. The number of nitrogens with zero attached hydrogens (tertiary/aromatic N) is 4. The van der Waals surface area contributed by atoms with Gasteiger partial charge in [-0.2, -0.15) is 10.2 Å². The van der Waals surface area contributed by atoms with Crippen LogP contribution in [0.2, 0.25) is 0 Å². The molecule has 0 bridgehead atoms. The normalized spacial score (nSPS) is 12.3. The zero-order chi connectivity index (χ0) is 18.5. The van der Waals surface area contributed by atoms with Crippen molar-refractivity contribution >= 4 is 17.2 Å². The Morgan fingerprint density at radius 2 is 1.50 bits per heavy atom. The Labute approximate surface area is 152 Å². The summed E-state index contributed by atoms with van der Waals surface area (Å²) in [4.78, 5) is 12.9. The third-order valence-corrected chi connectivity index (χ3v) is 4.00. The molecular formula is C21H20N4O. The molecule has 1 heterocycles. The van der Waals surface area contributed by atoms with E-state index in [-0.39, 0.29) is 5.78 Å². The number of hydrogen-bond donors (Lipinski definition) is 0. The molecule has 2 aromatic carbocycles. The monoisotopic (exact) mass is 344 g/mol. The number of aryl methyl sites for hydroxylation is 2. The Morgan fingerprint density at radius 3 is 2.04 bits per heavy atom. The van der Waals surface area contributed by atoms with E-state index in [1.54, 1.807) is 16.8 Å². The van der Waals surface area contributed by atoms with Gasteiger partial charge in [0.25, 0.3) is 0 Å². The highest BCUT2D eigenvalue weighted by Crippen LogP contribution is 2.11. The van der Waals surface area contributed by atoms with Gasteiger partial charge in [0.1, 0.15) is 5.71 Å². The lowest BCUT2D eigenvalue weighted by Crippen LogP contribution is -2.15. The van der Waals surface area contributed by atoms with Crippen molar-refractivity contribution in [2.45, 2.75) is 13.8 Å². The number of aromatic nitrogens is 2. The average molecular weight is 344 g/mol. The number of rotatable bonds is 5. The predicted octanol–water partition coefficient (Wildman–Crippen LogP) is 3.82. The second-order valence-electron chi connectivity index (χ2n) is 6.00. The van der Waals surface area contributed by atoms with E-state index in [1.165, 1.54) is 0 Å². The Hall–Kier alpha value is -3.34. The number of benzene rings is 2. The first-order valence-electron chi connectivity index (χ1n) is 8.34. The van der Waals surface area contributed by atoms with Crippen LogP contribution in [-0.4, -0.2) is 27.0 Å². The summed E-state index contributed by atoms with van der Waals surface area (Å²) in [7, 11) is 1.86. The summed E-state index contributed by atoms with van der Waals surface area (Å²) in [6, 6.07) is 18.5. The minimum absolute atomic E-state index is 0.156. The van der Waals surface area contributed by atoms with Gasteiger partial charge in [-0.1, -0.05) is 60.7 Å². The zero-order valence-electron chi connectivity index (χ0n) is 15.0. The van der Waals surface area contributed by atoms with Gasteiger partial charge in [-0.05, 0) is 13.8 Å². The zero-order valence-corrected chi connectivity index (χ0v) is 15.0. The summed E-state index contributed by atoms with van der Waals surface area (Å²) in [5, 5.41) is 13.0. The van der Waals surface area contributed by atoms with Crippen LogP contribution >= 0.6 is 0 Å². The van der Waals surface area contributed by atoms with Crippen LogP contribution < -0.4 is 0 Å². The van der Waals surface area contributed by atoms with Gasteiger partial charge in [0, 0.05) is 29.9 Å². The van der Waals surface area contributed by atoms with Crippen molar-refractivity contribution in [3.63, 3.8) is 0 Å². The van der Waals surface area contributed by atoms with E-state index in [1.807, 2.05) is 75.6 Å². The minimum atomic E-state index is -0.156. The Kier molecular flexibility index (Phi) is 5.17. The Balaban J connectivity index is 2.03. The number of hydrogen-bond acceptors (Lipinski definition) is 4. The molecule has 0 saturated carbocycles. The first-order valence-corrected chi connectivity index (χ1v) is 8.34. The number of carbonyl (C=O) groups excluding carboxylic acids is 1. The highest BCUT2D eigenvalue weighted by Gasteiger charge is 2.16. The molecule has 0 atom stereocenters. The third kappa shape index (κ3) is 3.83. The van der Waals surface area contributed by atoms with Crippen molar-refractivity contribution < 1.29 is 4.79 Å². The summed E-state index contributed by atoms with van der Waals surface area (Å²) in [6.07, 6.45) is 1.89. The van der Waals surface area contributed by atoms with Crippen molar-refractivity contribution in [3.05, 3.63) is 89.2 Å². The molecule has 5 heteroatoms. The van der Waals surface area contributed by atoms with Crippen LogP contribution in [-0.2, 0) is 7.05 Å². The van der Waals surface area contributed by atoms with E-state index in [4.69, 9.17) is 0 Å². The largest absolute Gasteiger partial charge is 0.287 e. The van der Waals surface area contributed by atoms with E-state index in [9.17, 15) is 4.79 Å². The number of Topliss-reactive ketones (excluding diaryl/α,β-unsaturated/α-hetero) is 1. The Bertz CT molecular complexity index is 970. The summed E-state index contributed by atoms with van der Waals surface area (Å²) >= 11 is 0. The van der Waals surface area contributed by atoms with Gasteiger partial charge in [-0.15, -0.1) is 5.10 Å². The van der Waals surface area contributed by atoms with Gasteiger partial charge in [-0.3, -0.25) is 9.48 Å². The molecule has 0 fully saturated rings. The van der Waals surface area contributed by atoms with Gasteiger partial charge in [-0.25, -0.2) is 0 Å². The van der Waals surface area contributed by atoms with Crippen LogP contribution in [0.25, 0.3) is 0 Å². The van der Waals surface area contributed by atoms with Crippen LogP contribution in [0.3, 0.4) is 0 Å². The van der Waals surface area contributed by atoms with Crippen LogP contribution in [0, 0.1) is 6.92 Å². The molecule has 0 unspecified atom stereocenters. The molecule has 0 aliphatic rings. The van der Waals surface area contributed by atoms with Crippen LogP contribution in [0.4, 0.5) is 0 Å².